The van der Waals surface area contributed by atoms with Gasteiger partial charge in [0.2, 0.25) is 5.91 Å². The molecule has 0 aromatic carbocycles. The Bertz CT molecular complexity index is 627. The molecule has 0 unspecified atom stereocenters. The molecule has 1 aliphatic rings. The van der Waals surface area contributed by atoms with E-state index in [1.807, 2.05) is 32.6 Å². The third-order valence-corrected chi connectivity index (χ3v) is 4.18. The van der Waals surface area contributed by atoms with Gasteiger partial charge in [-0.05, 0) is 53.1 Å². The summed E-state index contributed by atoms with van der Waals surface area (Å²) in [5.41, 5.74) is 1.04. The number of amides is 2. The molecule has 1 atom stereocenters. The summed E-state index contributed by atoms with van der Waals surface area (Å²) in [6, 6.07) is 1.78. The van der Waals surface area contributed by atoms with Crippen molar-refractivity contribution in [1.29, 1.82) is 0 Å². The Morgan fingerprint density at radius 1 is 1.42 bits per heavy atom. The van der Waals surface area contributed by atoms with E-state index in [-0.39, 0.29) is 11.9 Å². The van der Waals surface area contributed by atoms with Crippen LogP contribution in [0.1, 0.15) is 58.6 Å². The lowest BCUT2D eigenvalue weighted by atomic mass is 10.1. The molecule has 7 nitrogen and oxygen atoms in total. The number of ether oxygens (including phenoxy) is 1. The summed E-state index contributed by atoms with van der Waals surface area (Å²) in [6.45, 7) is 9.96. The molecular formula is C19H30N4O3. The quantitative estimate of drug-likeness (QED) is 0.728. The van der Waals surface area contributed by atoms with Crippen LogP contribution in [-0.4, -0.2) is 47.1 Å². The minimum absolute atomic E-state index is 0.0166. The van der Waals surface area contributed by atoms with Crippen molar-refractivity contribution in [2.45, 2.75) is 58.6 Å². The monoisotopic (exact) mass is 362 g/mol. The molecule has 0 spiro atoms. The van der Waals surface area contributed by atoms with Crippen molar-refractivity contribution < 1.29 is 14.3 Å². The van der Waals surface area contributed by atoms with Crippen molar-refractivity contribution in [2.75, 3.05) is 25.0 Å². The highest BCUT2D eigenvalue weighted by Crippen LogP contribution is 2.22. The van der Waals surface area contributed by atoms with Crippen LogP contribution < -0.4 is 10.6 Å². The molecule has 2 rings (SSSR count). The minimum Gasteiger partial charge on any atom is -0.444 e. The van der Waals surface area contributed by atoms with E-state index in [0.29, 0.717) is 12.1 Å². The fraction of sp³-hybridized carbons (Fsp3) is 0.632. The molecule has 144 valence electrons. The van der Waals surface area contributed by atoms with Crippen molar-refractivity contribution in [3.8, 4) is 0 Å². The van der Waals surface area contributed by atoms with Gasteiger partial charge in [0.05, 0.1) is 5.69 Å². The molecule has 2 N–H and O–H groups in total. The van der Waals surface area contributed by atoms with Gasteiger partial charge in [-0.15, -0.1) is 0 Å². The summed E-state index contributed by atoms with van der Waals surface area (Å²) in [6.07, 6.45) is 5.45. The Hall–Kier alpha value is -2.15. The maximum Gasteiger partial charge on any atom is 0.412 e. The minimum atomic E-state index is -0.547. The first-order chi connectivity index (χ1) is 12.3. The molecule has 1 fully saturated rings. The van der Waals surface area contributed by atoms with Gasteiger partial charge in [-0.2, -0.15) is 0 Å². The number of nitrogens with one attached hydrogen (secondary N) is 2. The van der Waals surface area contributed by atoms with Crippen LogP contribution in [0.25, 0.3) is 0 Å². The van der Waals surface area contributed by atoms with E-state index in [9.17, 15) is 9.59 Å². The fourth-order valence-electron chi connectivity index (χ4n) is 2.92. The number of anilines is 1. The zero-order chi connectivity index (χ0) is 19.2. The predicted octanol–water partition coefficient (Wildman–Crippen LogP) is 3.09. The van der Waals surface area contributed by atoms with E-state index in [0.717, 1.165) is 38.0 Å². The maximum atomic E-state index is 12.0. The van der Waals surface area contributed by atoms with E-state index in [1.54, 1.807) is 18.5 Å². The van der Waals surface area contributed by atoms with Crippen molar-refractivity contribution in [3.63, 3.8) is 0 Å². The standard InChI is InChI=1S/C19H30N4O3/c1-14(21-9-6-12-23-11-5-7-17(23)24)15-13-20-10-8-16(15)22-18(25)26-19(2,3)4/h8,10,13-14,21H,5-7,9,11-12H2,1-4H3,(H,20,22,25)/t14-/m0/s1. The summed E-state index contributed by atoms with van der Waals surface area (Å²) in [5, 5.41) is 6.22. The van der Waals surface area contributed by atoms with Crippen molar-refractivity contribution in [1.82, 2.24) is 15.2 Å². The van der Waals surface area contributed by atoms with Gasteiger partial charge in [0.25, 0.3) is 0 Å². The average molecular weight is 362 g/mol. The van der Waals surface area contributed by atoms with Crippen LogP contribution in [0.4, 0.5) is 10.5 Å². The van der Waals surface area contributed by atoms with Crippen LogP contribution in [0.5, 0.6) is 0 Å². The number of carbonyl (C=O) groups is 2. The molecule has 0 aliphatic carbocycles. The van der Waals surface area contributed by atoms with Crippen LogP contribution in [0.3, 0.4) is 0 Å². The maximum absolute atomic E-state index is 12.0. The third kappa shape index (κ3) is 6.29. The van der Waals surface area contributed by atoms with Crippen molar-refractivity contribution >= 4 is 17.7 Å². The summed E-state index contributed by atoms with van der Waals surface area (Å²) < 4.78 is 5.31. The second kappa shape index (κ2) is 8.98. The molecule has 0 saturated carbocycles. The molecule has 26 heavy (non-hydrogen) atoms. The Labute approximate surface area is 155 Å². The Morgan fingerprint density at radius 3 is 2.85 bits per heavy atom. The number of likely N-dealkylation sites (tertiary alicyclic amines) is 1. The van der Waals surface area contributed by atoms with Gasteiger partial charge in [-0.25, -0.2) is 4.79 Å². The molecule has 2 amide bonds. The van der Waals surface area contributed by atoms with Gasteiger partial charge in [0, 0.05) is 43.5 Å². The van der Waals surface area contributed by atoms with Gasteiger partial charge < -0.3 is 15.0 Å². The smallest absolute Gasteiger partial charge is 0.412 e. The molecule has 1 aromatic heterocycles. The fourth-order valence-corrected chi connectivity index (χ4v) is 2.92. The Kier molecular flexibility index (Phi) is 6.97. The van der Waals surface area contributed by atoms with Gasteiger partial charge in [0.15, 0.2) is 0 Å². The van der Waals surface area contributed by atoms with Crippen molar-refractivity contribution in [3.05, 3.63) is 24.0 Å². The SMILES string of the molecule is C[C@H](NCCCN1CCCC1=O)c1cnccc1NC(=O)OC(C)(C)C. The molecule has 0 bridgehead atoms. The summed E-state index contributed by atoms with van der Waals surface area (Å²) in [7, 11) is 0. The largest absolute Gasteiger partial charge is 0.444 e. The van der Waals surface area contributed by atoms with E-state index < -0.39 is 11.7 Å². The number of aromatic nitrogens is 1. The second-order valence-electron chi connectivity index (χ2n) is 7.60. The van der Waals surface area contributed by atoms with E-state index in [1.165, 1.54) is 0 Å². The summed E-state index contributed by atoms with van der Waals surface area (Å²) >= 11 is 0. The second-order valence-corrected chi connectivity index (χ2v) is 7.60. The van der Waals surface area contributed by atoms with Gasteiger partial charge >= 0.3 is 6.09 Å². The zero-order valence-corrected chi connectivity index (χ0v) is 16.2. The highest BCUT2D eigenvalue weighted by atomic mass is 16.6. The average Bonchev–Trinajstić information content (AvgIpc) is 2.95. The highest BCUT2D eigenvalue weighted by molar-refractivity contribution is 5.85. The van der Waals surface area contributed by atoms with Crippen LogP contribution >= 0.6 is 0 Å². The Morgan fingerprint density at radius 2 is 2.19 bits per heavy atom. The number of carbonyl (C=O) groups excluding carboxylic acids is 2. The van der Waals surface area contributed by atoms with Gasteiger partial charge in [-0.3, -0.25) is 15.1 Å². The van der Waals surface area contributed by atoms with Crippen molar-refractivity contribution in [2.24, 2.45) is 0 Å². The Balaban J connectivity index is 1.85. The van der Waals surface area contributed by atoms with Gasteiger partial charge in [0.1, 0.15) is 5.60 Å². The highest BCUT2D eigenvalue weighted by Gasteiger charge is 2.20. The van der Waals surface area contributed by atoms with Crippen LogP contribution in [0.15, 0.2) is 18.5 Å². The lowest BCUT2D eigenvalue weighted by Gasteiger charge is -2.22. The topological polar surface area (TPSA) is 83.6 Å². The van der Waals surface area contributed by atoms with E-state index in [2.05, 4.69) is 15.6 Å². The summed E-state index contributed by atoms with van der Waals surface area (Å²) in [5.74, 6) is 0.258. The predicted molar refractivity (Wildman–Crippen MR) is 101 cm³/mol. The summed E-state index contributed by atoms with van der Waals surface area (Å²) in [4.78, 5) is 29.7. The molecule has 1 aromatic rings. The zero-order valence-electron chi connectivity index (χ0n) is 16.2. The molecule has 7 heteroatoms. The van der Waals surface area contributed by atoms with Gasteiger partial charge in [-0.1, -0.05) is 0 Å². The normalized spacial score (nSPS) is 15.8. The first-order valence-electron chi connectivity index (χ1n) is 9.21. The first kappa shape index (κ1) is 20.2. The lowest BCUT2D eigenvalue weighted by molar-refractivity contribution is -0.127. The van der Waals surface area contributed by atoms with Crippen LogP contribution in [0.2, 0.25) is 0 Å². The molecule has 1 saturated heterocycles. The number of rotatable bonds is 7. The molecule has 1 aliphatic heterocycles. The number of nitrogens with zero attached hydrogens (tertiary/aromatic N) is 2. The molecular weight excluding hydrogens is 332 g/mol. The van der Waals surface area contributed by atoms with Crippen LogP contribution in [-0.2, 0) is 9.53 Å². The number of hydrogen-bond acceptors (Lipinski definition) is 5. The number of hydrogen-bond donors (Lipinski definition) is 2. The first-order valence-corrected chi connectivity index (χ1v) is 9.21. The lowest BCUT2D eigenvalue weighted by Crippen LogP contribution is -2.30. The molecule has 2 heterocycles. The molecule has 0 radical (unpaired) electrons. The number of pyridine rings is 1. The van der Waals surface area contributed by atoms with E-state index in [4.69, 9.17) is 4.74 Å². The van der Waals surface area contributed by atoms with E-state index >= 15 is 0 Å². The third-order valence-electron chi connectivity index (χ3n) is 4.18. The van der Waals surface area contributed by atoms with Crippen LogP contribution in [0, 0.1) is 0 Å².